The predicted molar refractivity (Wildman–Crippen MR) is 71.2 cm³/mol. The molecule has 1 amide bonds. The minimum Gasteiger partial charge on any atom is -0.389 e. The molecule has 0 bridgehead atoms. The Bertz CT molecular complexity index is 504. The van der Waals surface area contributed by atoms with Crippen LogP contribution in [0, 0.1) is 11.2 Å². The van der Waals surface area contributed by atoms with Crippen molar-refractivity contribution >= 4 is 11.6 Å². The van der Waals surface area contributed by atoms with Crippen molar-refractivity contribution in [3.8, 4) is 0 Å². The first kappa shape index (κ1) is 13.8. The largest absolute Gasteiger partial charge is 0.389 e. The molecule has 5 heteroatoms. The lowest BCUT2D eigenvalue weighted by molar-refractivity contribution is -0.125. The minimum atomic E-state index is -0.892. The molecule has 3 N–H and O–H groups in total. The van der Waals surface area contributed by atoms with Gasteiger partial charge in [0, 0.05) is 24.3 Å². The number of nitrogens with two attached hydrogens (primary N) is 1. The molecule has 1 fully saturated rings. The summed E-state index contributed by atoms with van der Waals surface area (Å²) in [5, 5.41) is 9.73. The Kier molecular flexibility index (Phi) is 3.49. The van der Waals surface area contributed by atoms with Crippen LogP contribution in [0.1, 0.15) is 31.9 Å². The van der Waals surface area contributed by atoms with Gasteiger partial charge in [-0.25, -0.2) is 4.39 Å². The third kappa shape index (κ3) is 2.42. The lowest BCUT2D eigenvalue weighted by Gasteiger charge is -2.25. The van der Waals surface area contributed by atoms with Crippen molar-refractivity contribution < 1.29 is 14.3 Å². The van der Waals surface area contributed by atoms with Crippen LogP contribution in [0.5, 0.6) is 0 Å². The maximum Gasteiger partial charge on any atom is 0.225 e. The van der Waals surface area contributed by atoms with Gasteiger partial charge < -0.3 is 15.7 Å². The van der Waals surface area contributed by atoms with E-state index in [4.69, 9.17) is 5.73 Å². The summed E-state index contributed by atoms with van der Waals surface area (Å²) in [5.41, 5.74) is 5.73. The molecule has 1 unspecified atom stereocenters. The van der Waals surface area contributed by atoms with Crippen LogP contribution < -0.4 is 10.6 Å². The van der Waals surface area contributed by atoms with Crippen molar-refractivity contribution in [1.82, 2.24) is 0 Å². The standard InChI is InChI=1S/C14H19FN2O2/c1-9(18)12-10(15)4-3-5-11(12)17-7-6-14(2,8-17)13(16)19/h3-5,9,18H,6-8H2,1-2H3,(H2,16,19)/t9-,14?/m0/s1. The molecule has 1 aromatic carbocycles. The highest BCUT2D eigenvalue weighted by atomic mass is 19.1. The van der Waals surface area contributed by atoms with Crippen LogP contribution in [-0.2, 0) is 4.79 Å². The Morgan fingerprint density at radius 2 is 2.26 bits per heavy atom. The average Bonchev–Trinajstić information content (AvgIpc) is 2.72. The number of halogens is 1. The van der Waals surface area contributed by atoms with Gasteiger partial charge in [0.15, 0.2) is 0 Å². The molecule has 19 heavy (non-hydrogen) atoms. The van der Waals surface area contributed by atoms with E-state index in [1.54, 1.807) is 12.1 Å². The summed E-state index contributed by atoms with van der Waals surface area (Å²) in [6, 6.07) is 4.70. The predicted octanol–water partition coefficient (Wildman–Crippen LogP) is 1.58. The van der Waals surface area contributed by atoms with Crippen molar-refractivity contribution in [3.63, 3.8) is 0 Å². The molecule has 1 aromatic rings. The number of aliphatic hydroxyl groups is 1. The third-order valence-corrected chi connectivity index (χ3v) is 3.86. The lowest BCUT2D eigenvalue weighted by Crippen LogP contribution is -2.37. The van der Waals surface area contributed by atoms with E-state index < -0.39 is 17.3 Å². The van der Waals surface area contributed by atoms with E-state index in [1.165, 1.54) is 13.0 Å². The summed E-state index contributed by atoms with van der Waals surface area (Å²) < 4.78 is 13.8. The SMILES string of the molecule is C[C@H](O)c1c(F)cccc1N1CCC(C)(C(N)=O)C1. The van der Waals surface area contributed by atoms with Gasteiger partial charge in [-0.15, -0.1) is 0 Å². The van der Waals surface area contributed by atoms with Gasteiger partial charge >= 0.3 is 0 Å². The van der Waals surface area contributed by atoms with E-state index in [0.717, 1.165) is 0 Å². The summed E-state index contributed by atoms with van der Waals surface area (Å²) in [6.07, 6.45) is -0.255. The Balaban J connectivity index is 2.35. The first-order valence-electron chi connectivity index (χ1n) is 6.36. The molecule has 1 saturated heterocycles. The molecular formula is C14H19FN2O2. The highest BCUT2D eigenvalue weighted by molar-refractivity contribution is 5.82. The van der Waals surface area contributed by atoms with Crippen molar-refractivity contribution in [1.29, 1.82) is 0 Å². The maximum atomic E-state index is 13.8. The van der Waals surface area contributed by atoms with Gasteiger partial charge in [0.1, 0.15) is 5.82 Å². The summed E-state index contributed by atoms with van der Waals surface area (Å²) >= 11 is 0. The van der Waals surface area contributed by atoms with Crippen LogP contribution in [0.15, 0.2) is 18.2 Å². The molecule has 0 aromatic heterocycles. The fourth-order valence-corrected chi connectivity index (χ4v) is 2.58. The number of amides is 1. The van der Waals surface area contributed by atoms with Crippen LogP contribution in [-0.4, -0.2) is 24.1 Å². The monoisotopic (exact) mass is 266 g/mol. The zero-order valence-corrected chi connectivity index (χ0v) is 11.2. The molecule has 0 aliphatic carbocycles. The van der Waals surface area contributed by atoms with Crippen molar-refractivity contribution in [3.05, 3.63) is 29.6 Å². The highest BCUT2D eigenvalue weighted by Crippen LogP contribution is 2.36. The van der Waals surface area contributed by atoms with Crippen LogP contribution in [0.2, 0.25) is 0 Å². The first-order valence-corrected chi connectivity index (χ1v) is 6.36. The number of carbonyl (C=O) groups is 1. The number of benzene rings is 1. The van der Waals surface area contributed by atoms with Gasteiger partial charge in [-0.3, -0.25) is 4.79 Å². The number of hydrogen-bond acceptors (Lipinski definition) is 3. The average molecular weight is 266 g/mol. The molecule has 0 saturated carbocycles. The normalized spacial score (nSPS) is 24.5. The maximum absolute atomic E-state index is 13.8. The fourth-order valence-electron chi connectivity index (χ4n) is 2.58. The molecule has 104 valence electrons. The van der Waals surface area contributed by atoms with E-state index in [0.29, 0.717) is 25.2 Å². The van der Waals surface area contributed by atoms with Gasteiger partial charge in [-0.2, -0.15) is 0 Å². The molecule has 1 aliphatic heterocycles. The van der Waals surface area contributed by atoms with Gasteiger partial charge in [0.25, 0.3) is 0 Å². The van der Waals surface area contributed by atoms with Crippen LogP contribution in [0.3, 0.4) is 0 Å². The summed E-state index contributed by atoms with van der Waals surface area (Å²) in [5.74, 6) is -0.773. The first-order chi connectivity index (χ1) is 8.85. The summed E-state index contributed by atoms with van der Waals surface area (Å²) in [4.78, 5) is 13.4. The van der Waals surface area contributed by atoms with Crippen LogP contribution in [0.4, 0.5) is 10.1 Å². The van der Waals surface area contributed by atoms with Crippen molar-refractivity contribution in [2.24, 2.45) is 11.1 Å². The van der Waals surface area contributed by atoms with Gasteiger partial charge in [-0.05, 0) is 32.4 Å². The highest BCUT2D eigenvalue weighted by Gasteiger charge is 2.39. The molecular weight excluding hydrogens is 247 g/mol. The Hall–Kier alpha value is -1.62. The molecule has 2 atom stereocenters. The second-order valence-electron chi connectivity index (χ2n) is 5.45. The van der Waals surface area contributed by atoms with Crippen molar-refractivity contribution in [2.45, 2.75) is 26.4 Å². The number of aliphatic hydroxyl groups excluding tert-OH is 1. The molecule has 1 aliphatic rings. The minimum absolute atomic E-state index is 0.274. The van der Waals surface area contributed by atoms with Gasteiger partial charge in [-0.1, -0.05) is 6.07 Å². The summed E-state index contributed by atoms with van der Waals surface area (Å²) in [6.45, 7) is 4.43. The van der Waals surface area contributed by atoms with Crippen molar-refractivity contribution in [2.75, 3.05) is 18.0 Å². The van der Waals surface area contributed by atoms with E-state index in [2.05, 4.69) is 0 Å². The topological polar surface area (TPSA) is 66.6 Å². The number of anilines is 1. The Morgan fingerprint density at radius 1 is 1.58 bits per heavy atom. The molecule has 0 radical (unpaired) electrons. The van der Waals surface area contributed by atoms with E-state index in [-0.39, 0.29) is 11.5 Å². The Morgan fingerprint density at radius 3 is 2.79 bits per heavy atom. The smallest absolute Gasteiger partial charge is 0.225 e. The van der Waals surface area contributed by atoms with E-state index >= 15 is 0 Å². The quantitative estimate of drug-likeness (QED) is 0.873. The fraction of sp³-hybridized carbons (Fsp3) is 0.500. The zero-order chi connectivity index (χ0) is 14.2. The van der Waals surface area contributed by atoms with Crippen LogP contribution >= 0.6 is 0 Å². The lowest BCUT2D eigenvalue weighted by atomic mass is 9.89. The second kappa shape index (κ2) is 4.81. The van der Waals surface area contributed by atoms with E-state index in [9.17, 15) is 14.3 Å². The number of rotatable bonds is 3. The van der Waals surface area contributed by atoms with Gasteiger partial charge in [0.2, 0.25) is 5.91 Å². The third-order valence-electron chi connectivity index (χ3n) is 3.86. The number of nitrogens with zero attached hydrogens (tertiary/aromatic N) is 1. The molecule has 1 heterocycles. The number of primary amides is 1. The van der Waals surface area contributed by atoms with Crippen LogP contribution in [0.25, 0.3) is 0 Å². The molecule has 2 rings (SSSR count). The van der Waals surface area contributed by atoms with Gasteiger partial charge in [0.05, 0.1) is 11.5 Å². The zero-order valence-electron chi connectivity index (χ0n) is 11.2. The Labute approximate surface area is 112 Å². The second-order valence-corrected chi connectivity index (χ2v) is 5.45. The number of carbonyl (C=O) groups excluding carboxylic acids is 1. The summed E-state index contributed by atoms with van der Waals surface area (Å²) in [7, 11) is 0. The molecule has 0 spiro atoms. The number of hydrogen-bond donors (Lipinski definition) is 2. The van der Waals surface area contributed by atoms with E-state index in [1.807, 2.05) is 11.8 Å². The molecule has 4 nitrogen and oxygen atoms in total.